The summed E-state index contributed by atoms with van der Waals surface area (Å²) < 4.78 is 6.88. The molecule has 2 unspecified atom stereocenters. The molecule has 0 aliphatic heterocycles. The molecule has 0 saturated carbocycles. The fourth-order valence-corrected chi connectivity index (χ4v) is 7.87. The Balaban J connectivity index is 1.38. The first-order valence-corrected chi connectivity index (χ1v) is 17.6. The smallest absolute Gasteiger partial charge is 0.157 e. The van der Waals surface area contributed by atoms with E-state index in [0.29, 0.717) is 11.7 Å². The maximum atomic E-state index is 7.26. The van der Waals surface area contributed by atoms with Crippen molar-refractivity contribution in [2.75, 3.05) is 0 Å². The molecule has 250 valence electrons. The van der Waals surface area contributed by atoms with Gasteiger partial charge in [0.2, 0.25) is 0 Å². The van der Waals surface area contributed by atoms with Crippen molar-refractivity contribution in [2.24, 2.45) is 15.7 Å². The summed E-state index contributed by atoms with van der Waals surface area (Å²) in [4.78, 5) is 15.5. The van der Waals surface area contributed by atoms with Crippen LogP contribution in [0, 0.1) is 6.92 Å². The topological polar surface area (TPSA) is 76.8 Å². The van der Waals surface area contributed by atoms with E-state index in [0.717, 1.165) is 77.7 Å². The van der Waals surface area contributed by atoms with Crippen LogP contribution < -0.4 is 5.73 Å². The van der Waals surface area contributed by atoms with Gasteiger partial charge in [-0.25, -0.2) is 4.99 Å². The third-order valence-electron chi connectivity index (χ3n) is 10.3. The van der Waals surface area contributed by atoms with Gasteiger partial charge in [-0.2, -0.15) is 0 Å². The summed E-state index contributed by atoms with van der Waals surface area (Å²) >= 11 is 0. The minimum atomic E-state index is -0.749. The summed E-state index contributed by atoms with van der Waals surface area (Å²) in [6, 6.07) is 54.1. The first-order chi connectivity index (χ1) is 25.5. The normalized spacial score (nSPS) is 16.2. The predicted octanol–water partition coefficient (Wildman–Crippen LogP) is 10.6. The zero-order valence-electron chi connectivity index (χ0n) is 29.0. The average Bonchev–Trinajstić information content (AvgIpc) is 3.73. The predicted molar refractivity (Wildman–Crippen MR) is 212 cm³/mol. The Morgan fingerprint density at radius 1 is 0.731 bits per heavy atom. The van der Waals surface area contributed by atoms with E-state index in [1.807, 2.05) is 72.9 Å². The van der Waals surface area contributed by atoms with Crippen LogP contribution in [0.5, 0.6) is 0 Å². The van der Waals surface area contributed by atoms with Gasteiger partial charge in [0, 0.05) is 33.7 Å². The largest absolute Gasteiger partial charge is 0.455 e. The molecule has 2 aromatic heterocycles. The maximum Gasteiger partial charge on any atom is 0.157 e. The second-order valence-electron chi connectivity index (χ2n) is 13.4. The molecule has 5 heteroatoms. The molecule has 0 spiro atoms. The molecule has 0 fully saturated rings. The Bertz CT molecular complexity index is 2640. The Morgan fingerprint density at radius 3 is 2.15 bits per heavy atom. The molecule has 0 bridgehead atoms. The third-order valence-corrected chi connectivity index (χ3v) is 10.3. The molecule has 2 atom stereocenters. The number of hydrogen-bond donors (Lipinski definition) is 1. The summed E-state index contributed by atoms with van der Waals surface area (Å²) in [6.45, 7) is 4.15. The third kappa shape index (κ3) is 4.96. The summed E-state index contributed by atoms with van der Waals surface area (Å²) in [6.07, 6.45) is 1.95. The maximum absolute atomic E-state index is 7.26. The van der Waals surface area contributed by atoms with Crippen LogP contribution >= 0.6 is 0 Å². The van der Waals surface area contributed by atoms with Gasteiger partial charge < -0.3 is 10.2 Å². The number of fused-ring (bicyclic) bond motifs is 7. The molecule has 8 aromatic rings. The zero-order valence-corrected chi connectivity index (χ0v) is 29.0. The number of furan rings is 1. The highest BCUT2D eigenvalue weighted by Crippen LogP contribution is 2.58. The summed E-state index contributed by atoms with van der Waals surface area (Å²) in [5.41, 5.74) is 18.3. The van der Waals surface area contributed by atoms with Crippen LogP contribution in [0.3, 0.4) is 0 Å². The summed E-state index contributed by atoms with van der Waals surface area (Å²) in [5, 5.41) is 1.90. The zero-order chi connectivity index (χ0) is 35.2. The molecule has 6 aromatic carbocycles. The van der Waals surface area contributed by atoms with E-state index in [1.165, 1.54) is 0 Å². The molecule has 9 rings (SSSR count). The van der Waals surface area contributed by atoms with E-state index >= 15 is 0 Å². The van der Waals surface area contributed by atoms with Crippen molar-refractivity contribution >= 4 is 33.6 Å². The summed E-state index contributed by atoms with van der Waals surface area (Å²) in [5.74, 6) is 0.922. The molecule has 0 saturated heterocycles. The van der Waals surface area contributed by atoms with Crippen molar-refractivity contribution in [3.63, 3.8) is 0 Å². The molecule has 1 aliphatic rings. The van der Waals surface area contributed by atoms with E-state index < -0.39 is 5.41 Å². The van der Waals surface area contributed by atoms with Gasteiger partial charge in [-0.05, 0) is 65.4 Å². The first-order valence-electron chi connectivity index (χ1n) is 17.6. The Hall–Kier alpha value is -6.59. The van der Waals surface area contributed by atoms with Crippen LogP contribution in [-0.4, -0.2) is 16.7 Å². The number of benzene rings is 6. The van der Waals surface area contributed by atoms with Crippen molar-refractivity contribution in [3.05, 3.63) is 209 Å². The highest BCUT2D eigenvalue weighted by atomic mass is 16.3. The number of pyridine rings is 1. The number of aromatic nitrogens is 1. The van der Waals surface area contributed by atoms with E-state index in [4.69, 9.17) is 25.1 Å². The van der Waals surface area contributed by atoms with Gasteiger partial charge in [-0.1, -0.05) is 140 Å². The average molecular weight is 673 g/mol. The monoisotopic (exact) mass is 672 g/mol. The van der Waals surface area contributed by atoms with Crippen LogP contribution in [0.1, 0.15) is 57.6 Å². The number of rotatable bonds is 6. The molecule has 2 N–H and O–H groups in total. The van der Waals surface area contributed by atoms with Crippen LogP contribution in [0.15, 0.2) is 178 Å². The minimum absolute atomic E-state index is 0.143. The number of nitrogens with zero attached hydrogens (tertiary/aromatic N) is 3. The lowest BCUT2D eigenvalue weighted by atomic mass is 9.69. The highest BCUT2D eigenvalue weighted by Gasteiger charge is 2.49. The Morgan fingerprint density at radius 2 is 1.40 bits per heavy atom. The van der Waals surface area contributed by atoms with Crippen molar-refractivity contribution in [1.82, 2.24) is 4.98 Å². The highest BCUT2D eigenvalue weighted by molar-refractivity contribution is 6.23. The van der Waals surface area contributed by atoms with Gasteiger partial charge in [-0.3, -0.25) is 9.98 Å². The molecular weight excluding hydrogens is 637 g/mol. The molecule has 5 nitrogen and oxygen atoms in total. The standard InChI is InChI=1S/C47H36N4O/c1-30-26-27-41(49-29-30)47(34-20-10-5-11-21-34)38-24-14-12-22-35(38)43-39(47)28-37(42-36-23-13-15-25-40(36)52-44(42)43)45(48)51-46(33-18-8-4-9-19-33)50-31(2)32-16-6-3-7-17-32/h3-29,31H,1-2H3,(H2,48,50,51). The molecule has 2 heterocycles. The number of aliphatic imine (C=N–C) groups is 2. The van der Waals surface area contributed by atoms with Crippen LogP contribution in [0.2, 0.25) is 0 Å². The second-order valence-corrected chi connectivity index (χ2v) is 13.4. The van der Waals surface area contributed by atoms with Gasteiger partial charge in [0.25, 0.3) is 0 Å². The lowest BCUT2D eigenvalue weighted by Gasteiger charge is -2.33. The second kappa shape index (κ2) is 12.6. The number of amidine groups is 2. The molecule has 0 amide bonds. The van der Waals surface area contributed by atoms with Crippen molar-refractivity contribution in [3.8, 4) is 11.1 Å². The molecule has 52 heavy (non-hydrogen) atoms. The minimum Gasteiger partial charge on any atom is -0.455 e. The lowest BCUT2D eigenvalue weighted by molar-refractivity contribution is 0.668. The van der Waals surface area contributed by atoms with Gasteiger partial charge in [0.1, 0.15) is 17.0 Å². The van der Waals surface area contributed by atoms with Crippen LogP contribution in [0.4, 0.5) is 0 Å². The number of hydrogen-bond acceptors (Lipinski definition) is 3. The van der Waals surface area contributed by atoms with Gasteiger partial charge in [-0.15, -0.1) is 0 Å². The Kier molecular flexibility index (Phi) is 7.62. The van der Waals surface area contributed by atoms with Crippen molar-refractivity contribution < 1.29 is 4.42 Å². The first kappa shape index (κ1) is 31.4. The number of aryl methyl sites for hydroxylation is 1. The molecule has 1 aliphatic carbocycles. The molecule has 0 radical (unpaired) electrons. The fourth-order valence-electron chi connectivity index (χ4n) is 7.87. The van der Waals surface area contributed by atoms with Crippen molar-refractivity contribution in [2.45, 2.75) is 25.3 Å². The number of para-hydroxylation sites is 1. The van der Waals surface area contributed by atoms with Crippen LogP contribution in [-0.2, 0) is 5.41 Å². The van der Waals surface area contributed by atoms with E-state index in [9.17, 15) is 0 Å². The fraction of sp³-hybridized carbons (Fsp3) is 0.0851. The van der Waals surface area contributed by atoms with E-state index in [1.54, 1.807) is 0 Å². The quantitative estimate of drug-likeness (QED) is 0.141. The van der Waals surface area contributed by atoms with Gasteiger partial charge in [0.05, 0.1) is 17.2 Å². The van der Waals surface area contributed by atoms with Crippen LogP contribution in [0.25, 0.3) is 33.1 Å². The lowest BCUT2D eigenvalue weighted by Crippen LogP contribution is -2.30. The SMILES string of the molecule is Cc1ccc(C2(c3ccccc3)c3ccccc3-c3c2cc(C(N)=NC(=NC(C)c2ccccc2)c2ccccc2)c2c3oc3ccccc32)nc1. The van der Waals surface area contributed by atoms with Gasteiger partial charge in [0.15, 0.2) is 5.84 Å². The molecular formula is C47H36N4O. The van der Waals surface area contributed by atoms with E-state index in [2.05, 4.69) is 105 Å². The van der Waals surface area contributed by atoms with E-state index in [-0.39, 0.29) is 6.04 Å². The van der Waals surface area contributed by atoms with Gasteiger partial charge >= 0.3 is 0 Å². The Labute approximate surface area is 302 Å². The number of nitrogens with two attached hydrogens (primary N) is 1. The van der Waals surface area contributed by atoms with Crippen molar-refractivity contribution in [1.29, 1.82) is 0 Å². The summed E-state index contributed by atoms with van der Waals surface area (Å²) in [7, 11) is 0.